The minimum atomic E-state index is -0.642. The van der Waals surface area contributed by atoms with Crippen molar-refractivity contribution in [2.75, 3.05) is 0 Å². The van der Waals surface area contributed by atoms with Gasteiger partial charge >= 0.3 is 5.97 Å². The summed E-state index contributed by atoms with van der Waals surface area (Å²) in [6, 6.07) is 9.86. The Kier molecular flexibility index (Phi) is 4.70. The van der Waals surface area contributed by atoms with Crippen LogP contribution in [0.25, 0.3) is 10.9 Å². The molecule has 7 heteroatoms. The predicted molar refractivity (Wildman–Crippen MR) is 104 cm³/mol. The molecule has 0 radical (unpaired) electrons. The van der Waals surface area contributed by atoms with Gasteiger partial charge in [-0.3, -0.25) is 5.10 Å². The largest absolute Gasteiger partial charge is 0.455 e. The van der Waals surface area contributed by atoms with Crippen LogP contribution in [0.1, 0.15) is 56.6 Å². The molecule has 3 rings (SSSR count). The first kappa shape index (κ1) is 19.2. The molecule has 1 aliphatic heterocycles. The van der Waals surface area contributed by atoms with Crippen LogP contribution >= 0.6 is 0 Å². The number of hydrogen-bond acceptors (Lipinski definition) is 6. The second kappa shape index (κ2) is 6.86. The Morgan fingerprint density at radius 3 is 2.29 bits per heavy atom. The molecule has 0 saturated heterocycles. The van der Waals surface area contributed by atoms with Crippen molar-refractivity contribution in [2.24, 2.45) is 0 Å². The molecule has 0 saturated carbocycles. The standard InChI is InChI=1S/C21H21N5O2/c1-11-15(9-22)18(16(10-23)12(2)24-11)13-6-7-17-14(8-13)19(26-25-17)20(27)28-21(3,4)5/h6-8,18,24H,1-5H3,(H,25,26). The molecule has 2 aromatic rings. The number of rotatable bonds is 2. The molecule has 0 bridgehead atoms. The number of carbonyl (C=O) groups excluding carboxylic acids is 1. The average Bonchev–Trinajstić information content (AvgIpc) is 3.03. The van der Waals surface area contributed by atoms with E-state index in [1.807, 2.05) is 19.9 Å². The average molecular weight is 375 g/mol. The Hall–Kier alpha value is -3.58. The lowest BCUT2D eigenvalue weighted by atomic mass is 9.81. The first-order chi connectivity index (χ1) is 13.2. The second-order valence-corrected chi connectivity index (χ2v) is 7.74. The van der Waals surface area contributed by atoms with Crippen molar-refractivity contribution in [3.05, 3.63) is 52.0 Å². The van der Waals surface area contributed by atoms with E-state index in [4.69, 9.17) is 4.74 Å². The van der Waals surface area contributed by atoms with Crippen molar-refractivity contribution >= 4 is 16.9 Å². The van der Waals surface area contributed by atoms with Gasteiger partial charge in [0.1, 0.15) is 5.60 Å². The Morgan fingerprint density at radius 2 is 1.75 bits per heavy atom. The maximum absolute atomic E-state index is 12.5. The zero-order valence-corrected chi connectivity index (χ0v) is 16.5. The van der Waals surface area contributed by atoms with Crippen molar-refractivity contribution in [3.8, 4) is 12.1 Å². The quantitative estimate of drug-likeness (QED) is 0.772. The van der Waals surface area contributed by atoms with E-state index in [1.165, 1.54) is 0 Å². The van der Waals surface area contributed by atoms with Gasteiger partial charge < -0.3 is 10.1 Å². The lowest BCUT2D eigenvalue weighted by Gasteiger charge is -2.26. The molecule has 0 spiro atoms. The maximum Gasteiger partial charge on any atom is 0.360 e. The van der Waals surface area contributed by atoms with Crippen LogP contribution < -0.4 is 5.32 Å². The Bertz CT molecular complexity index is 1080. The highest BCUT2D eigenvalue weighted by Gasteiger charge is 2.30. The molecule has 28 heavy (non-hydrogen) atoms. The number of ether oxygens (including phenoxy) is 1. The fourth-order valence-corrected chi connectivity index (χ4v) is 3.32. The summed E-state index contributed by atoms with van der Waals surface area (Å²) in [6.45, 7) is 9.00. The van der Waals surface area contributed by atoms with Gasteiger partial charge in [0.15, 0.2) is 5.69 Å². The number of fused-ring (bicyclic) bond motifs is 1. The number of carbonyl (C=O) groups is 1. The molecular formula is C21H21N5O2. The van der Waals surface area contributed by atoms with Crippen LogP contribution in [0.2, 0.25) is 0 Å². The van der Waals surface area contributed by atoms with Gasteiger partial charge in [0.2, 0.25) is 0 Å². The van der Waals surface area contributed by atoms with Crippen LogP contribution in [0.4, 0.5) is 0 Å². The van der Waals surface area contributed by atoms with Crippen LogP contribution in [0, 0.1) is 22.7 Å². The Labute approximate surface area is 163 Å². The summed E-state index contributed by atoms with van der Waals surface area (Å²) in [5.41, 5.74) is 3.33. The van der Waals surface area contributed by atoms with Gasteiger partial charge in [0.25, 0.3) is 0 Å². The lowest BCUT2D eigenvalue weighted by Crippen LogP contribution is -2.24. The zero-order valence-electron chi connectivity index (χ0n) is 16.5. The highest BCUT2D eigenvalue weighted by molar-refractivity contribution is 6.02. The van der Waals surface area contributed by atoms with E-state index in [0.29, 0.717) is 33.4 Å². The number of benzene rings is 1. The summed E-state index contributed by atoms with van der Waals surface area (Å²) in [4.78, 5) is 12.5. The van der Waals surface area contributed by atoms with Gasteiger partial charge in [-0.15, -0.1) is 0 Å². The molecule has 1 aromatic carbocycles. The SMILES string of the molecule is CC1=C(C#N)C(c2ccc3[nH]nc(C(=O)OC(C)(C)C)c3c2)C(C#N)=C(C)N1. The van der Waals surface area contributed by atoms with E-state index in [9.17, 15) is 15.3 Å². The van der Waals surface area contributed by atoms with Gasteiger partial charge in [-0.2, -0.15) is 15.6 Å². The van der Waals surface area contributed by atoms with Crippen LogP contribution in [0.5, 0.6) is 0 Å². The normalized spacial score (nSPS) is 15.2. The molecule has 0 fully saturated rings. The van der Waals surface area contributed by atoms with E-state index < -0.39 is 17.5 Å². The van der Waals surface area contributed by atoms with Crippen LogP contribution in [0.15, 0.2) is 40.7 Å². The van der Waals surface area contributed by atoms with E-state index in [1.54, 1.807) is 32.9 Å². The number of nitrogens with zero attached hydrogens (tertiary/aromatic N) is 3. The molecule has 2 N–H and O–H groups in total. The smallest absolute Gasteiger partial charge is 0.360 e. The van der Waals surface area contributed by atoms with Crippen LogP contribution in [0.3, 0.4) is 0 Å². The first-order valence-electron chi connectivity index (χ1n) is 8.86. The molecule has 0 amide bonds. The highest BCUT2D eigenvalue weighted by Crippen LogP contribution is 2.38. The number of nitrogens with one attached hydrogen (secondary N) is 2. The van der Waals surface area contributed by atoms with Crippen LogP contribution in [-0.2, 0) is 4.74 Å². The second-order valence-electron chi connectivity index (χ2n) is 7.74. The number of esters is 1. The van der Waals surface area contributed by atoms with Gasteiger partial charge in [-0.05, 0) is 52.3 Å². The third kappa shape index (κ3) is 3.35. The van der Waals surface area contributed by atoms with Crippen molar-refractivity contribution in [1.29, 1.82) is 10.5 Å². The Morgan fingerprint density at radius 1 is 1.14 bits per heavy atom. The maximum atomic E-state index is 12.5. The number of H-pyrrole nitrogens is 1. The summed E-state index contributed by atoms with van der Waals surface area (Å²) in [5, 5.41) is 30.0. The fraction of sp³-hybridized carbons (Fsp3) is 0.333. The number of dihydropyridines is 1. The summed E-state index contributed by atoms with van der Waals surface area (Å²) in [5.74, 6) is -1.03. The van der Waals surface area contributed by atoms with Gasteiger partial charge in [-0.25, -0.2) is 4.79 Å². The number of allylic oxidation sites excluding steroid dienone is 4. The summed E-state index contributed by atoms with van der Waals surface area (Å²) < 4.78 is 5.44. The van der Waals surface area contributed by atoms with Gasteiger partial charge in [0.05, 0.1) is 34.7 Å². The van der Waals surface area contributed by atoms with E-state index in [-0.39, 0.29) is 5.69 Å². The monoisotopic (exact) mass is 375 g/mol. The fourth-order valence-electron chi connectivity index (χ4n) is 3.32. The van der Waals surface area contributed by atoms with E-state index in [2.05, 4.69) is 27.7 Å². The molecule has 142 valence electrons. The highest BCUT2D eigenvalue weighted by atomic mass is 16.6. The van der Waals surface area contributed by atoms with Crippen LogP contribution in [-0.4, -0.2) is 21.8 Å². The number of aromatic nitrogens is 2. The summed E-state index contributed by atoms with van der Waals surface area (Å²) in [7, 11) is 0. The molecule has 0 unspecified atom stereocenters. The van der Waals surface area contributed by atoms with E-state index in [0.717, 1.165) is 5.56 Å². The minimum absolute atomic E-state index is 0.180. The van der Waals surface area contributed by atoms with Gasteiger partial charge in [-0.1, -0.05) is 6.07 Å². The minimum Gasteiger partial charge on any atom is -0.455 e. The number of nitriles is 2. The topological polar surface area (TPSA) is 115 Å². The molecule has 0 aliphatic carbocycles. The predicted octanol–water partition coefficient (Wildman–Crippen LogP) is 3.80. The molecule has 1 aliphatic rings. The zero-order chi connectivity index (χ0) is 20.6. The molecule has 7 nitrogen and oxygen atoms in total. The third-order valence-electron chi connectivity index (χ3n) is 4.51. The first-order valence-corrected chi connectivity index (χ1v) is 8.86. The van der Waals surface area contributed by atoms with Crippen molar-refractivity contribution in [3.63, 3.8) is 0 Å². The third-order valence-corrected chi connectivity index (χ3v) is 4.51. The molecular weight excluding hydrogens is 354 g/mol. The van der Waals surface area contributed by atoms with Crippen molar-refractivity contribution in [1.82, 2.24) is 15.5 Å². The number of hydrogen-bond donors (Lipinski definition) is 2. The van der Waals surface area contributed by atoms with Gasteiger partial charge in [0, 0.05) is 16.8 Å². The van der Waals surface area contributed by atoms with E-state index >= 15 is 0 Å². The molecule has 1 aromatic heterocycles. The summed E-state index contributed by atoms with van der Waals surface area (Å²) >= 11 is 0. The molecule has 2 heterocycles. The Balaban J connectivity index is 2.15. The lowest BCUT2D eigenvalue weighted by molar-refractivity contribution is 0.00650. The molecule has 0 atom stereocenters. The summed E-state index contributed by atoms with van der Waals surface area (Å²) in [6.07, 6.45) is 0. The van der Waals surface area contributed by atoms with Crippen molar-refractivity contribution in [2.45, 2.75) is 46.1 Å². The number of aromatic amines is 1. The van der Waals surface area contributed by atoms with Crippen molar-refractivity contribution < 1.29 is 9.53 Å².